The van der Waals surface area contributed by atoms with Gasteiger partial charge < -0.3 is 19.1 Å². The SMILES string of the molecule is COCCC(=O)N1CCC2(CC1)CC(CCOCC1CC1)CCO2. The topological polar surface area (TPSA) is 48.0 Å². The van der Waals surface area contributed by atoms with Crippen LogP contribution in [0.4, 0.5) is 0 Å². The highest BCUT2D eigenvalue weighted by Gasteiger charge is 2.40. The zero-order valence-corrected chi connectivity index (χ0v) is 15.1. The summed E-state index contributed by atoms with van der Waals surface area (Å²) in [5.74, 6) is 1.78. The van der Waals surface area contributed by atoms with E-state index in [-0.39, 0.29) is 11.5 Å². The number of carbonyl (C=O) groups excluding carboxylic acids is 1. The van der Waals surface area contributed by atoms with Crippen LogP contribution in [-0.4, -0.2) is 63.0 Å². The van der Waals surface area contributed by atoms with Gasteiger partial charge in [0.1, 0.15) is 0 Å². The molecule has 0 radical (unpaired) electrons. The molecule has 24 heavy (non-hydrogen) atoms. The lowest BCUT2D eigenvalue weighted by Crippen LogP contribution is -2.51. The Morgan fingerprint density at radius 1 is 1.17 bits per heavy atom. The van der Waals surface area contributed by atoms with E-state index < -0.39 is 0 Å². The Hall–Kier alpha value is -0.650. The van der Waals surface area contributed by atoms with E-state index in [1.54, 1.807) is 7.11 Å². The number of piperidine rings is 1. The average Bonchev–Trinajstić information content (AvgIpc) is 3.42. The van der Waals surface area contributed by atoms with E-state index in [4.69, 9.17) is 14.2 Å². The molecule has 0 N–H and O–H groups in total. The molecule has 0 bridgehead atoms. The Balaban J connectivity index is 1.38. The van der Waals surface area contributed by atoms with Crippen molar-refractivity contribution in [2.75, 3.05) is 46.6 Å². The number of amides is 1. The van der Waals surface area contributed by atoms with Crippen LogP contribution in [0, 0.1) is 11.8 Å². The van der Waals surface area contributed by atoms with Crippen LogP contribution < -0.4 is 0 Å². The first kappa shape index (κ1) is 18.2. The van der Waals surface area contributed by atoms with E-state index in [0.29, 0.717) is 18.9 Å². The monoisotopic (exact) mass is 339 g/mol. The van der Waals surface area contributed by atoms with Crippen molar-refractivity contribution in [2.45, 2.75) is 57.0 Å². The molecule has 3 rings (SSSR count). The molecule has 1 saturated carbocycles. The minimum Gasteiger partial charge on any atom is -0.384 e. The summed E-state index contributed by atoms with van der Waals surface area (Å²) in [6.45, 7) is 4.90. The van der Waals surface area contributed by atoms with Crippen LogP contribution in [0.15, 0.2) is 0 Å². The molecule has 2 saturated heterocycles. The fourth-order valence-corrected chi connectivity index (χ4v) is 4.02. The second-order valence-electron chi connectivity index (χ2n) is 7.82. The first-order valence-corrected chi connectivity index (χ1v) is 9.69. The Morgan fingerprint density at radius 2 is 1.96 bits per heavy atom. The number of hydrogen-bond donors (Lipinski definition) is 0. The summed E-state index contributed by atoms with van der Waals surface area (Å²) in [5.41, 5.74) is 0.0114. The molecule has 0 aromatic heterocycles. The normalized spacial score (nSPS) is 26.7. The van der Waals surface area contributed by atoms with E-state index in [1.165, 1.54) is 12.8 Å². The molecule has 3 aliphatic rings. The van der Waals surface area contributed by atoms with Gasteiger partial charge in [-0.3, -0.25) is 4.79 Å². The van der Waals surface area contributed by atoms with Crippen LogP contribution in [0.3, 0.4) is 0 Å². The molecule has 3 fully saturated rings. The van der Waals surface area contributed by atoms with E-state index in [1.807, 2.05) is 4.90 Å². The van der Waals surface area contributed by atoms with Crippen molar-refractivity contribution >= 4 is 5.91 Å². The molecule has 1 aliphatic carbocycles. The summed E-state index contributed by atoms with van der Waals surface area (Å²) in [7, 11) is 1.64. The summed E-state index contributed by atoms with van der Waals surface area (Å²) >= 11 is 0. The van der Waals surface area contributed by atoms with E-state index in [9.17, 15) is 4.79 Å². The minimum absolute atomic E-state index is 0.0114. The molecule has 0 aromatic rings. The van der Waals surface area contributed by atoms with Gasteiger partial charge in [-0.05, 0) is 56.8 Å². The molecule has 1 amide bonds. The standard InChI is InChI=1S/C19H33NO4/c1-22-11-6-18(21)20-9-7-19(8-10-20)14-16(5-13-24-19)4-12-23-15-17-2-3-17/h16-17H,2-15H2,1H3. The molecule has 0 aromatic carbocycles. The van der Waals surface area contributed by atoms with Gasteiger partial charge in [-0.1, -0.05) is 0 Å². The summed E-state index contributed by atoms with van der Waals surface area (Å²) in [6, 6.07) is 0. The number of carbonyl (C=O) groups is 1. The van der Waals surface area contributed by atoms with Gasteiger partial charge in [-0.15, -0.1) is 0 Å². The Morgan fingerprint density at radius 3 is 2.67 bits per heavy atom. The Labute approximate surface area is 146 Å². The molecule has 5 heteroatoms. The lowest BCUT2D eigenvalue weighted by Gasteiger charge is -2.46. The van der Waals surface area contributed by atoms with Gasteiger partial charge in [0, 0.05) is 40.0 Å². The quantitative estimate of drug-likeness (QED) is 0.638. The first-order chi connectivity index (χ1) is 11.7. The number of likely N-dealkylation sites (tertiary alicyclic amines) is 1. The number of rotatable bonds is 8. The smallest absolute Gasteiger partial charge is 0.224 e. The van der Waals surface area contributed by atoms with E-state index >= 15 is 0 Å². The van der Waals surface area contributed by atoms with Crippen molar-refractivity contribution in [2.24, 2.45) is 11.8 Å². The van der Waals surface area contributed by atoms with Crippen molar-refractivity contribution in [1.29, 1.82) is 0 Å². The van der Waals surface area contributed by atoms with Gasteiger partial charge in [0.15, 0.2) is 0 Å². The van der Waals surface area contributed by atoms with Gasteiger partial charge in [-0.25, -0.2) is 0 Å². The fraction of sp³-hybridized carbons (Fsp3) is 0.947. The molecule has 1 unspecified atom stereocenters. The summed E-state index contributed by atoms with van der Waals surface area (Å²) in [5, 5.41) is 0. The zero-order chi connectivity index (χ0) is 16.8. The van der Waals surface area contributed by atoms with Crippen molar-refractivity contribution in [1.82, 2.24) is 4.90 Å². The number of hydrogen-bond acceptors (Lipinski definition) is 4. The van der Waals surface area contributed by atoms with Gasteiger partial charge in [0.05, 0.1) is 18.6 Å². The molecule has 1 spiro atoms. The predicted molar refractivity (Wildman–Crippen MR) is 91.9 cm³/mol. The van der Waals surface area contributed by atoms with E-state index in [0.717, 1.165) is 70.9 Å². The Kier molecular flexibility index (Phi) is 6.53. The molecular formula is C19H33NO4. The van der Waals surface area contributed by atoms with Crippen LogP contribution in [0.5, 0.6) is 0 Å². The highest BCUT2D eigenvalue weighted by atomic mass is 16.5. The maximum atomic E-state index is 12.1. The van der Waals surface area contributed by atoms with Gasteiger partial charge in [0.25, 0.3) is 0 Å². The Bertz CT molecular complexity index is 402. The van der Waals surface area contributed by atoms with Crippen LogP contribution in [0.25, 0.3) is 0 Å². The van der Waals surface area contributed by atoms with Crippen LogP contribution in [0.2, 0.25) is 0 Å². The molecule has 2 aliphatic heterocycles. The lowest BCUT2D eigenvalue weighted by molar-refractivity contribution is -0.148. The largest absolute Gasteiger partial charge is 0.384 e. The number of ether oxygens (including phenoxy) is 3. The number of methoxy groups -OCH3 is 1. The van der Waals surface area contributed by atoms with Crippen molar-refractivity contribution < 1.29 is 19.0 Å². The molecule has 2 heterocycles. The summed E-state index contributed by atoms with van der Waals surface area (Å²) in [6.07, 6.45) is 8.63. The van der Waals surface area contributed by atoms with Crippen LogP contribution >= 0.6 is 0 Å². The fourth-order valence-electron chi connectivity index (χ4n) is 4.02. The van der Waals surface area contributed by atoms with Crippen LogP contribution in [0.1, 0.15) is 51.4 Å². The first-order valence-electron chi connectivity index (χ1n) is 9.69. The van der Waals surface area contributed by atoms with Crippen molar-refractivity contribution in [3.05, 3.63) is 0 Å². The van der Waals surface area contributed by atoms with E-state index in [2.05, 4.69) is 0 Å². The average molecular weight is 339 g/mol. The third kappa shape index (κ3) is 5.17. The van der Waals surface area contributed by atoms with Gasteiger partial charge >= 0.3 is 0 Å². The maximum Gasteiger partial charge on any atom is 0.224 e. The molecule has 5 nitrogen and oxygen atoms in total. The second kappa shape index (κ2) is 8.63. The van der Waals surface area contributed by atoms with Gasteiger partial charge in [-0.2, -0.15) is 0 Å². The molecule has 1 atom stereocenters. The highest BCUT2D eigenvalue weighted by molar-refractivity contribution is 5.76. The third-order valence-corrected chi connectivity index (χ3v) is 5.86. The predicted octanol–water partition coefficient (Wildman–Crippen LogP) is 2.63. The highest BCUT2D eigenvalue weighted by Crippen LogP contribution is 2.39. The summed E-state index contributed by atoms with van der Waals surface area (Å²) < 4.78 is 17.0. The van der Waals surface area contributed by atoms with Crippen molar-refractivity contribution in [3.63, 3.8) is 0 Å². The minimum atomic E-state index is 0.0114. The maximum absolute atomic E-state index is 12.1. The van der Waals surface area contributed by atoms with Crippen molar-refractivity contribution in [3.8, 4) is 0 Å². The zero-order valence-electron chi connectivity index (χ0n) is 15.1. The number of nitrogens with zero attached hydrogens (tertiary/aromatic N) is 1. The van der Waals surface area contributed by atoms with Crippen LogP contribution in [-0.2, 0) is 19.0 Å². The third-order valence-electron chi connectivity index (χ3n) is 5.86. The van der Waals surface area contributed by atoms with Gasteiger partial charge in [0.2, 0.25) is 5.91 Å². The second-order valence-corrected chi connectivity index (χ2v) is 7.82. The molecular weight excluding hydrogens is 306 g/mol. The summed E-state index contributed by atoms with van der Waals surface area (Å²) in [4.78, 5) is 14.1. The molecule has 138 valence electrons. The lowest BCUT2D eigenvalue weighted by atomic mass is 9.78.